The molecular formula is C17H11Br2ClO. The van der Waals surface area contributed by atoms with Crippen LogP contribution in [0, 0.1) is 0 Å². The van der Waals surface area contributed by atoms with Crippen molar-refractivity contribution in [2.75, 3.05) is 0 Å². The van der Waals surface area contributed by atoms with E-state index in [0.29, 0.717) is 5.88 Å². The third kappa shape index (κ3) is 3.42. The molecule has 3 aromatic rings. The maximum Gasteiger partial charge on any atom is 0.141 e. The number of rotatable bonds is 3. The Labute approximate surface area is 145 Å². The van der Waals surface area contributed by atoms with Gasteiger partial charge in [0.05, 0.1) is 4.47 Å². The van der Waals surface area contributed by atoms with E-state index in [2.05, 4.69) is 50.1 Å². The molecule has 0 aromatic heterocycles. The van der Waals surface area contributed by atoms with Crippen LogP contribution < -0.4 is 4.74 Å². The summed E-state index contributed by atoms with van der Waals surface area (Å²) in [4.78, 5) is 0. The summed E-state index contributed by atoms with van der Waals surface area (Å²) < 4.78 is 7.92. The fourth-order valence-electron chi connectivity index (χ4n) is 2.10. The molecule has 3 rings (SSSR count). The van der Waals surface area contributed by atoms with Crippen LogP contribution in [0.1, 0.15) is 5.56 Å². The van der Waals surface area contributed by atoms with Gasteiger partial charge >= 0.3 is 0 Å². The van der Waals surface area contributed by atoms with Crippen LogP contribution >= 0.6 is 43.5 Å². The molecular weight excluding hydrogens is 415 g/mol. The lowest BCUT2D eigenvalue weighted by Crippen LogP contribution is -1.87. The van der Waals surface area contributed by atoms with E-state index in [1.165, 1.54) is 5.39 Å². The lowest BCUT2D eigenvalue weighted by molar-refractivity contribution is 0.480. The van der Waals surface area contributed by atoms with E-state index in [9.17, 15) is 0 Å². The molecule has 0 aliphatic rings. The standard InChI is InChI=1S/C17H11Br2ClO/c18-14-4-2-13-9-15(5-3-12(13)8-14)21-17-6-1-11(10-20)7-16(17)19/h1-9H,10H2. The van der Waals surface area contributed by atoms with Crippen LogP contribution in [-0.2, 0) is 5.88 Å². The first-order valence-corrected chi connectivity index (χ1v) is 8.49. The molecule has 0 saturated carbocycles. The van der Waals surface area contributed by atoms with Crippen LogP contribution in [0.3, 0.4) is 0 Å². The van der Waals surface area contributed by atoms with Gasteiger partial charge < -0.3 is 4.74 Å². The van der Waals surface area contributed by atoms with Crippen molar-refractivity contribution in [3.05, 3.63) is 69.1 Å². The van der Waals surface area contributed by atoms with Gasteiger partial charge in [0.1, 0.15) is 11.5 Å². The van der Waals surface area contributed by atoms with Gasteiger partial charge in [-0.1, -0.05) is 34.1 Å². The van der Waals surface area contributed by atoms with Gasteiger partial charge in [-0.3, -0.25) is 0 Å². The Hall–Kier alpha value is -1.03. The van der Waals surface area contributed by atoms with Crippen LogP contribution in [0.15, 0.2) is 63.5 Å². The molecule has 1 nitrogen and oxygen atoms in total. The summed E-state index contributed by atoms with van der Waals surface area (Å²) in [6, 6.07) is 18.1. The molecule has 4 heteroatoms. The Balaban J connectivity index is 1.92. The predicted molar refractivity (Wildman–Crippen MR) is 95.4 cm³/mol. The van der Waals surface area contributed by atoms with Crippen LogP contribution in [-0.4, -0.2) is 0 Å². The lowest BCUT2D eigenvalue weighted by Gasteiger charge is -2.10. The molecule has 0 amide bonds. The highest BCUT2D eigenvalue weighted by molar-refractivity contribution is 9.10. The van der Waals surface area contributed by atoms with E-state index in [1.54, 1.807) is 0 Å². The SMILES string of the molecule is ClCc1ccc(Oc2ccc3cc(Br)ccc3c2)c(Br)c1. The van der Waals surface area contributed by atoms with Crippen molar-refractivity contribution in [2.24, 2.45) is 0 Å². The summed E-state index contributed by atoms with van der Waals surface area (Å²) in [6.45, 7) is 0. The van der Waals surface area contributed by atoms with Crippen molar-refractivity contribution in [3.63, 3.8) is 0 Å². The van der Waals surface area contributed by atoms with Crippen molar-refractivity contribution in [1.29, 1.82) is 0 Å². The highest BCUT2D eigenvalue weighted by Gasteiger charge is 2.05. The van der Waals surface area contributed by atoms with E-state index in [1.807, 2.05) is 36.4 Å². The molecule has 0 heterocycles. The van der Waals surface area contributed by atoms with E-state index < -0.39 is 0 Å². The molecule has 0 spiro atoms. The molecule has 0 atom stereocenters. The molecule has 0 unspecified atom stereocenters. The summed E-state index contributed by atoms with van der Waals surface area (Å²) >= 11 is 12.8. The van der Waals surface area contributed by atoms with E-state index >= 15 is 0 Å². The van der Waals surface area contributed by atoms with Gasteiger partial charge in [0.15, 0.2) is 0 Å². The van der Waals surface area contributed by atoms with Crippen molar-refractivity contribution in [3.8, 4) is 11.5 Å². The Bertz CT molecular complexity index is 802. The van der Waals surface area contributed by atoms with Gasteiger partial charge in [-0.05, 0) is 68.7 Å². The first kappa shape index (κ1) is 14.9. The smallest absolute Gasteiger partial charge is 0.141 e. The Morgan fingerprint density at radius 1 is 0.857 bits per heavy atom. The number of alkyl halides is 1. The Morgan fingerprint density at radius 3 is 2.38 bits per heavy atom. The second kappa shape index (κ2) is 6.39. The molecule has 3 aromatic carbocycles. The number of benzene rings is 3. The average Bonchev–Trinajstić information content (AvgIpc) is 2.49. The van der Waals surface area contributed by atoms with Crippen molar-refractivity contribution in [2.45, 2.75) is 5.88 Å². The van der Waals surface area contributed by atoms with Crippen molar-refractivity contribution >= 4 is 54.2 Å². The first-order valence-electron chi connectivity index (χ1n) is 6.37. The Morgan fingerprint density at radius 2 is 1.62 bits per heavy atom. The molecule has 0 radical (unpaired) electrons. The van der Waals surface area contributed by atoms with Crippen LogP contribution in [0.5, 0.6) is 11.5 Å². The normalized spacial score (nSPS) is 10.8. The zero-order valence-corrected chi connectivity index (χ0v) is 14.9. The zero-order chi connectivity index (χ0) is 14.8. The molecule has 0 bridgehead atoms. The fourth-order valence-corrected chi connectivity index (χ4v) is 3.15. The van der Waals surface area contributed by atoms with E-state index in [-0.39, 0.29) is 0 Å². The summed E-state index contributed by atoms with van der Waals surface area (Å²) in [5.74, 6) is 2.08. The number of ether oxygens (including phenoxy) is 1. The highest BCUT2D eigenvalue weighted by Crippen LogP contribution is 2.32. The zero-order valence-electron chi connectivity index (χ0n) is 10.9. The van der Waals surface area contributed by atoms with Gasteiger partial charge in [0, 0.05) is 10.4 Å². The molecule has 0 N–H and O–H groups in total. The third-order valence-electron chi connectivity index (χ3n) is 3.15. The predicted octanol–water partition coefficient (Wildman–Crippen LogP) is 6.90. The summed E-state index contributed by atoms with van der Waals surface area (Å²) in [7, 11) is 0. The van der Waals surface area contributed by atoms with Crippen LogP contribution in [0.2, 0.25) is 0 Å². The maximum absolute atomic E-state index is 5.95. The fraction of sp³-hybridized carbons (Fsp3) is 0.0588. The second-order valence-electron chi connectivity index (χ2n) is 4.65. The molecule has 0 saturated heterocycles. The minimum absolute atomic E-state index is 0.490. The third-order valence-corrected chi connectivity index (χ3v) is 4.57. The number of fused-ring (bicyclic) bond motifs is 1. The molecule has 0 aliphatic carbocycles. The van der Waals surface area contributed by atoms with Gasteiger partial charge in [-0.25, -0.2) is 0 Å². The van der Waals surface area contributed by atoms with E-state index in [0.717, 1.165) is 31.4 Å². The molecule has 106 valence electrons. The van der Waals surface area contributed by atoms with E-state index in [4.69, 9.17) is 16.3 Å². The molecule has 0 fully saturated rings. The van der Waals surface area contributed by atoms with Crippen molar-refractivity contribution < 1.29 is 4.74 Å². The number of halogens is 3. The van der Waals surface area contributed by atoms with Gasteiger partial charge in [-0.2, -0.15) is 0 Å². The number of hydrogen-bond donors (Lipinski definition) is 0. The second-order valence-corrected chi connectivity index (χ2v) is 6.69. The first-order chi connectivity index (χ1) is 10.2. The molecule has 21 heavy (non-hydrogen) atoms. The minimum atomic E-state index is 0.490. The minimum Gasteiger partial charge on any atom is -0.456 e. The largest absolute Gasteiger partial charge is 0.456 e. The van der Waals surface area contributed by atoms with Gasteiger partial charge in [0.25, 0.3) is 0 Å². The monoisotopic (exact) mass is 424 g/mol. The average molecular weight is 427 g/mol. The van der Waals surface area contributed by atoms with Crippen LogP contribution in [0.25, 0.3) is 10.8 Å². The van der Waals surface area contributed by atoms with Gasteiger partial charge in [-0.15, -0.1) is 11.6 Å². The Kier molecular flexibility index (Phi) is 4.53. The van der Waals surface area contributed by atoms with Crippen molar-refractivity contribution in [1.82, 2.24) is 0 Å². The number of hydrogen-bond acceptors (Lipinski definition) is 1. The lowest BCUT2D eigenvalue weighted by atomic mass is 10.1. The topological polar surface area (TPSA) is 9.23 Å². The summed E-state index contributed by atoms with van der Waals surface area (Å²) in [5.41, 5.74) is 1.05. The molecule has 0 aliphatic heterocycles. The highest BCUT2D eigenvalue weighted by atomic mass is 79.9. The van der Waals surface area contributed by atoms with Crippen LogP contribution in [0.4, 0.5) is 0 Å². The van der Waals surface area contributed by atoms with Gasteiger partial charge in [0.2, 0.25) is 0 Å². The maximum atomic E-state index is 5.95. The summed E-state index contributed by atoms with van der Waals surface area (Å²) in [5, 5.41) is 2.32. The quantitative estimate of drug-likeness (QED) is 0.414. The summed E-state index contributed by atoms with van der Waals surface area (Å²) in [6.07, 6.45) is 0.